The largest absolute Gasteiger partial charge is 0.347 e. The Morgan fingerprint density at radius 2 is 1.93 bits per heavy atom. The summed E-state index contributed by atoms with van der Waals surface area (Å²) in [5, 5.41) is 2.74. The van der Waals surface area contributed by atoms with Gasteiger partial charge in [0.05, 0.1) is 0 Å². The van der Waals surface area contributed by atoms with Gasteiger partial charge in [-0.1, -0.05) is 31.2 Å². The van der Waals surface area contributed by atoms with Gasteiger partial charge in [0, 0.05) is 24.8 Å². The molecule has 0 fully saturated rings. The minimum Gasteiger partial charge on any atom is -0.347 e. The highest BCUT2D eigenvalue weighted by molar-refractivity contribution is 7.19. The van der Waals surface area contributed by atoms with Gasteiger partial charge in [0.1, 0.15) is 15.5 Å². The van der Waals surface area contributed by atoms with E-state index in [9.17, 15) is 18.8 Å². The van der Waals surface area contributed by atoms with Crippen LogP contribution in [0.1, 0.15) is 34.1 Å². The van der Waals surface area contributed by atoms with Crippen LogP contribution in [0, 0.1) is 12.7 Å². The summed E-state index contributed by atoms with van der Waals surface area (Å²) in [6.45, 7) is 4.04. The van der Waals surface area contributed by atoms with Gasteiger partial charge in [-0.15, -0.1) is 11.3 Å². The zero-order valence-corrected chi connectivity index (χ0v) is 16.4. The van der Waals surface area contributed by atoms with E-state index in [1.165, 1.54) is 22.7 Å². The van der Waals surface area contributed by atoms with E-state index in [0.717, 1.165) is 27.9 Å². The number of hydrogen-bond donors (Lipinski definition) is 1. The number of hydrogen-bond acceptors (Lipinski definition) is 4. The molecule has 28 heavy (non-hydrogen) atoms. The van der Waals surface area contributed by atoms with Crippen molar-refractivity contribution in [2.24, 2.45) is 0 Å². The molecule has 0 aliphatic heterocycles. The molecule has 0 spiro atoms. The molecular formula is C20H20FN3O3S. The first-order valence-corrected chi connectivity index (χ1v) is 9.67. The molecule has 0 aliphatic carbocycles. The third-order valence-electron chi connectivity index (χ3n) is 4.28. The van der Waals surface area contributed by atoms with Crippen molar-refractivity contribution in [2.75, 3.05) is 0 Å². The van der Waals surface area contributed by atoms with Crippen LogP contribution < -0.4 is 16.6 Å². The predicted octanol–water partition coefficient (Wildman–Crippen LogP) is 2.87. The average Bonchev–Trinajstić information content (AvgIpc) is 3.14. The zero-order valence-electron chi connectivity index (χ0n) is 15.6. The second kappa shape index (κ2) is 8.35. The molecule has 0 saturated carbocycles. The van der Waals surface area contributed by atoms with Gasteiger partial charge in [0.15, 0.2) is 0 Å². The van der Waals surface area contributed by atoms with E-state index < -0.39 is 5.69 Å². The van der Waals surface area contributed by atoms with Crippen LogP contribution in [0.2, 0.25) is 0 Å². The number of benzene rings is 1. The smallest absolute Gasteiger partial charge is 0.336 e. The Hall–Kier alpha value is -3.00. The summed E-state index contributed by atoms with van der Waals surface area (Å²) in [7, 11) is 0. The number of nitrogens with zero attached hydrogens (tertiary/aromatic N) is 2. The Morgan fingerprint density at radius 1 is 1.21 bits per heavy atom. The molecule has 2 heterocycles. The monoisotopic (exact) mass is 401 g/mol. The molecule has 1 aromatic carbocycles. The van der Waals surface area contributed by atoms with Gasteiger partial charge in [-0.05, 0) is 31.0 Å². The fourth-order valence-electron chi connectivity index (χ4n) is 2.75. The highest BCUT2D eigenvalue weighted by Crippen LogP contribution is 2.18. The fraction of sp³-hybridized carbons (Fsp3) is 0.250. The molecule has 3 aromatic rings. The van der Waals surface area contributed by atoms with E-state index in [2.05, 4.69) is 5.32 Å². The van der Waals surface area contributed by atoms with Crippen LogP contribution in [0.25, 0.3) is 4.83 Å². The number of nitrogens with one attached hydrogen (secondary N) is 1. The summed E-state index contributed by atoms with van der Waals surface area (Å²) >= 11 is 1.09. The summed E-state index contributed by atoms with van der Waals surface area (Å²) in [5.74, 6) is -0.702. The second-order valence-electron chi connectivity index (χ2n) is 6.28. The number of fused-ring (bicyclic) bond motifs is 1. The number of amides is 1. The Bertz CT molecular complexity index is 1160. The first kappa shape index (κ1) is 19.8. The molecule has 8 heteroatoms. The number of carbonyl (C=O) groups excluding carboxylic acids is 1. The number of aryl methyl sites for hydroxylation is 1. The van der Waals surface area contributed by atoms with Crippen LogP contribution in [0.4, 0.5) is 4.39 Å². The van der Waals surface area contributed by atoms with Crippen molar-refractivity contribution in [1.82, 2.24) is 14.3 Å². The van der Waals surface area contributed by atoms with E-state index >= 15 is 0 Å². The Labute approximate surface area is 164 Å². The minimum atomic E-state index is -0.472. The van der Waals surface area contributed by atoms with Crippen LogP contribution in [-0.2, 0) is 13.1 Å². The Balaban J connectivity index is 1.89. The van der Waals surface area contributed by atoms with Gasteiger partial charge in [0.2, 0.25) is 0 Å². The topological polar surface area (TPSA) is 72.6 Å². The van der Waals surface area contributed by atoms with Crippen LogP contribution in [0.5, 0.6) is 0 Å². The molecule has 0 atom stereocenters. The average molecular weight is 401 g/mol. The normalized spacial score (nSPS) is 11.4. The Kier molecular flexibility index (Phi) is 5.89. The SMILES string of the molecule is CC/C=C/Cn1c(=O)c(C)c2sc(C(=O)NCc3ccc(F)cc3)cn2c1=O. The van der Waals surface area contributed by atoms with Crippen LogP contribution >= 0.6 is 11.3 Å². The molecule has 3 rings (SSSR count). The van der Waals surface area contributed by atoms with Crippen molar-refractivity contribution >= 4 is 22.1 Å². The van der Waals surface area contributed by atoms with Crippen LogP contribution in [0.15, 0.2) is 52.2 Å². The molecule has 0 bridgehead atoms. The van der Waals surface area contributed by atoms with Crippen LogP contribution in [-0.4, -0.2) is 14.9 Å². The molecule has 146 valence electrons. The minimum absolute atomic E-state index is 0.192. The number of carbonyl (C=O) groups is 1. The number of rotatable bonds is 6. The molecule has 0 saturated heterocycles. The number of allylic oxidation sites excluding steroid dienone is 2. The lowest BCUT2D eigenvalue weighted by atomic mass is 10.2. The molecule has 6 nitrogen and oxygen atoms in total. The van der Waals surface area contributed by atoms with Crippen molar-refractivity contribution in [2.45, 2.75) is 33.4 Å². The van der Waals surface area contributed by atoms with Crippen molar-refractivity contribution < 1.29 is 9.18 Å². The Morgan fingerprint density at radius 3 is 2.61 bits per heavy atom. The van der Waals surface area contributed by atoms with Gasteiger partial charge in [-0.25, -0.2) is 9.18 Å². The molecule has 2 aromatic heterocycles. The maximum Gasteiger partial charge on any atom is 0.336 e. The first-order valence-electron chi connectivity index (χ1n) is 8.85. The van der Waals surface area contributed by atoms with Crippen molar-refractivity contribution in [1.29, 1.82) is 0 Å². The summed E-state index contributed by atoms with van der Waals surface area (Å²) in [4.78, 5) is 38.4. The third-order valence-corrected chi connectivity index (χ3v) is 5.48. The van der Waals surface area contributed by atoms with Crippen molar-refractivity contribution in [3.05, 3.63) is 85.3 Å². The van der Waals surface area contributed by atoms with Crippen molar-refractivity contribution in [3.8, 4) is 0 Å². The maximum atomic E-state index is 13.0. The standard InChI is InChI=1S/C20H20FN3O3S/c1-3-4-5-10-23-18(26)13(2)19-24(20(23)27)12-16(28-19)17(25)22-11-14-6-8-15(21)9-7-14/h4-9,12H,3,10-11H2,1-2H3,(H,22,25)/b5-4+. The van der Waals surface area contributed by atoms with E-state index in [4.69, 9.17) is 0 Å². The van der Waals surface area contributed by atoms with E-state index in [1.54, 1.807) is 25.1 Å². The summed E-state index contributed by atoms with van der Waals surface area (Å²) in [6, 6.07) is 5.83. The van der Waals surface area contributed by atoms with Gasteiger partial charge < -0.3 is 5.32 Å². The lowest BCUT2D eigenvalue weighted by Gasteiger charge is -2.04. The number of aromatic nitrogens is 2. The van der Waals surface area contributed by atoms with E-state index in [-0.39, 0.29) is 30.4 Å². The molecule has 1 N–H and O–H groups in total. The van der Waals surface area contributed by atoms with Crippen molar-refractivity contribution in [3.63, 3.8) is 0 Å². The second-order valence-corrected chi connectivity index (χ2v) is 7.31. The highest BCUT2D eigenvalue weighted by Gasteiger charge is 2.17. The zero-order chi connectivity index (χ0) is 20.3. The third kappa shape index (κ3) is 3.96. The van der Waals surface area contributed by atoms with Gasteiger partial charge in [-0.3, -0.25) is 18.6 Å². The molecule has 0 aliphatic rings. The summed E-state index contributed by atoms with van der Waals surface area (Å²) < 4.78 is 15.5. The first-order chi connectivity index (χ1) is 13.4. The van der Waals surface area contributed by atoms with Gasteiger partial charge in [-0.2, -0.15) is 0 Å². The maximum absolute atomic E-state index is 13.0. The highest BCUT2D eigenvalue weighted by atomic mass is 32.1. The number of thiazole rings is 1. The van der Waals surface area contributed by atoms with E-state index in [0.29, 0.717) is 15.3 Å². The lowest BCUT2D eigenvalue weighted by molar-refractivity contribution is 0.0954. The lowest BCUT2D eigenvalue weighted by Crippen LogP contribution is -2.37. The predicted molar refractivity (Wildman–Crippen MR) is 108 cm³/mol. The summed E-state index contributed by atoms with van der Waals surface area (Å²) in [6.07, 6.45) is 5.93. The van der Waals surface area contributed by atoms with Gasteiger partial charge in [0.25, 0.3) is 11.5 Å². The fourth-order valence-corrected chi connectivity index (χ4v) is 3.75. The molecular weight excluding hydrogens is 381 g/mol. The van der Waals surface area contributed by atoms with Gasteiger partial charge >= 0.3 is 5.69 Å². The number of halogens is 1. The quantitative estimate of drug-likeness (QED) is 0.646. The van der Waals surface area contributed by atoms with Crippen LogP contribution in [0.3, 0.4) is 0 Å². The molecule has 0 radical (unpaired) electrons. The van der Waals surface area contributed by atoms with E-state index in [1.807, 2.05) is 13.0 Å². The molecule has 1 amide bonds. The summed E-state index contributed by atoms with van der Waals surface area (Å²) in [5.41, 5.74) is 0.352. The molecule has 0 unspecified atom stereocenters.